The molecule has 0 aromatic heterocycles. The lowest BCUT2D eigenvalue weighted by molar-refractivity contribution is -0.151. The Labute approximate surface area is 174 Å². The molecule has 1 heterocycles. The van der Waals surface area contributed by atoms with Gasteiger partial charge in [0.15, 0.2) is 18.1 Å². The maximum atomic E-state index is 13.9. The SMILES string of the molecule is COc1ccc(CC(=O)OCC(=O)N2CCN(c3ccccc3F)CC2)cc1OC. The number of benzene rings is 2. The zero-order chi connectivity index (χ0) is 21.5. The molecule has 2 aromatic rings. The minimum absolute atomic E-state index is 0.0225. The molecule has 1 amide bonds. The van der Waals surface area contributed by atoms with Gasteiger partial charge in [0, 0.05) is 26.2 Å². The molecule has 0 radical (unpaired) electrons. The smallest absolute Gasteiger partial charge is 0.310 e. The molecule has 3 rings (SSSR count). The summed E-state index contributed by atoms with van der Waals surface area (Å²) in [5.74, 6) is 0.0525. The number of piperazine rings is 1. The summed E-state index contributed by atoms with van der Waals surface area (Å²) in [5, 5.41) is 0. The van der Waals surface area contributed by atoms with Gasteiger partial charge in [-0.15, -0.1) is 0 Å². The summed E-state index contributed by atoms with van der Waals surface area (Å²) in [6.07, 6.45) is 0.0225. The highest BCUT2D eigenvalue weighted by molar-refractivity contribution is 5.81. The lowest BCUT2D eigenvalue weighted by atomic mass is 10.1. The number of carbonyl (C=O) groups is 2. The topological polar surface area (TPSA) is 68.3 Å². The van der Waals surface area contributed by atoms with Crippen molar-refractivity contribution in [1.29, 1.82) is 0 Å². The van der Waals surface area contributed by atoms with Crippen molar-refractivity contribution in [2.75, 3.05) is 51.9 Å². The first-order valence-electron chi connectivity index (χ1n) is 9.65. The summed E-state index contributed by atoms with van der Waals surface area (Å²) in [6, 6.07) is 11.7. The number of hydrogen-bond donors (Lipinski definition) is 0. The average molecular weight is 416 g/mol. The summed E-state index contributed by atoms with van der Waals surface area (Å²) in [4.78, 5) is 28.0. The molecule has 0 saturated carbocycles. The van der Waals surface area contributed by atoms with Crippen LogP contribution in [0.25, 0.3) is 0 Å². The van der Waals surface area contributed by atoms with Crippen molar-refractivity contribution in [3.8, 4) is 11.5 Å². The molecule has 1 saturated heterocycles. The number of anilines is 1. The summed E-state index contributed by atoms with van der Waals surface area (Å²) in [6.45, 7) is 1.62. The van der Waals surface area contributed by atoms with Crippen LogP contribution in [-0.4, -0.2) is 63.8 Å². The van der Waals surface area contributed by atoms with Crippen LogP contribution >= 0.6 is 0 Å². The van der Waals surface area contributed by atoms with E-state index >= 15 is 0 Å². The number of halogens is 1. The predicted octanol–water partition coefficient (Wildman–Crippen LogP) is 2.28. The molecule has 0 bridgehead atoms. The van der Waals surface area contributed by atoms with Crippen LogP contribution in [0.3, 0.4) is 0 Å². The molecule has 0 atom stereocenters. The van der Waals surface area contributed by atoms with Crippen molar-refractivity contribution in [2.45, 2.75) is 6.42 Å². The van der Waals surface area contributed by atoms with E-state index in [2.05, 4.69) is 0 Å². The van der Waals surface area contributed by atoms with Gasteiger partial charge in [-0.05, 0) is 29.8 Å². The molecule has 0 spiro atoms. The van der Waals surface area contributed by atoms with Gasteiger partial charge in [0.05, 0.1) is 26.3 Å². The first-order chi connectivity index (χ1) is 14.5. The molecule has 0 unspecified atom stereocenters. The van der Waals surface area contributed by atoms with E-state index in [9.17, 15) is 14.0 Å². The van der Waals surface area contributed by atoms with Crippen LogP contribution in [-0.2, 0) is 20.7 Å². The Morgan fingerprint density at radius 2 is 1.67 bits per heavy atom. The number of esters is 1. The number of nitrogens with zero attached hydrogens (tertiary/aromatic N) is 2. The maximum absolute atomic E-state index is 13.9. The second kappa shape index (κ2) is 9.96. The summed E-state index contributed by atoms with van der Waals surface area (Å²) < 4.78 is 29.4. The minimum atomic E-state index is -0.499. The second-order valence-corrected chi connectivity index (χ2v) is 6.85. The maximum Gasteiger partial charge on any atom is 0.310 e. The van der Waals surface area contributed by atoms with Crippen molar-refractivity contribution in [3.63, 3.8) is 0 Å². The number of para-hydroxylation sites is 1. The van der Waals surface area contributed by atoms with Gasteiger partial charge in [0.2, 0.25) is 0 Å². The molecule has 160 valence electrons. The molecular formula is C22H25FN2O5. The third-order valence-electron chi connectivity index (χ3n) is 4.98. The van der Waals surface area contributed by atoms with Crippen LogP contribution in [0, 0.1) is 5.82 Å². The van der Waals surface area contributed by atoms with E-state index in [-0.39, 0.29) is 24.8 Å². The standard InChI is InChI=1S/C22H25FN2O5/c1-28-19-8-7-16(13-20(19)29-2)14-22(27)30-15-21(26)25-11-9-24(10-12-25)18-6-4-3-5-17(18)23/h3-8,13H,9-12,14-15H2,1-2H3. The fourth-order valence-electron chi connectivity index (χ4n) is 3.35. The van der Waals surface area contributed by atoms with Crippen molar-refractivity contribution in [3.05, 3.63) is 53.8 Å². The van der Waals surface area contributed by atoms with E-state index in [0.717, 1.165) is 0 Å². The van der Waals surface area contributed by atoms with E-state index in [1.807, 2.05) is 4.90 Å². The Morgan fingerprint density at radius 3 is 2.33 bits per heavy atom. The normalized spacial score (nSPS) is 13.7. The van der Waals surface area contributed by atoms with Crippen LogP contribution in [0.5, 0.6) is 11.5 Å². The molecule has 0 aliphatic carbocycles. The Kier molecular flexibility index (Phi) is 7.11. The second-order valence-electron chi connectivity index (χ2n) is 6.85. The van der Waals surface area contributed by atoms with Crippen molar-refractivity contribution in [2.24, 2.45) is 0 Å². The van der Waals surface area contributed by atoms with E-state index in [0.29, 0.717) is 48.9 Å². The van der Waals surface area contributed by atoms with Crippen LogP contribution < -0.4 is 14.4 Å². The van der Waals surface area contributed by atoms with Crippen molar-refractivity contribution < 1.29 is 28.2 Å². The summed E-state index contributed by atoms with van der Waals surface area (Å²) >= 11 is 0. The molecule has 0 N–H and O–H groups in total. The zero-order valence-electron chi connectivity index (χ0n) is 17.1. The lowest BCUT2D eigenvalue weighted by Gasteiger charge is -2.36. The van der Waals surface area contributed by atoms with Crippen LogP contribution in [0.4, 0.5) is 10.1 Å². The molecule has 1 aliphatic heterocycles. The van der Waals surface area contributed by atoms with Crippen molar-refractivity contribution in [1.82, 2.24) is 4.90 Å². The lowest BCUT2D eigenvalue weighted by Crippen LogP contribution is -2.50. The van der Waals surface area contributed by atoms with Gasteiger partial charge < -0.3 is 24.0 Å². The minimum Gasteiger partial charge on any atom is -0.493 e. The molecule has 1 aliphatic rings. The van der Waals surface area contributed by atoms with E-state index in [1.165, 1.54) is 20.3 Å². The molecule has 2 aromatic carbocycles. The Bertz CT molecular complexity index is 897. The average Bonchev–Trinajstić information content (AvgIpc) is 2.78. The third kappa shape index (κ3) is 5.20. The van der Waals surface area contributed by atoms with Gasteiger partial charge in [-0.2, -0.15) is 0 Å². The number of hydrogen-bond acceptors (Lipinski definition) is 6. The fourth-order valence-corrected chi connectivity index (χ4v) is 3.35. The van der Waals surface area contributed by atoms with Gasteiger partial charge >= 0.3 is 5.97 Å². The van der Waals surface area contributed by atoms with Crippen LogP contribution in [0.15, 0.2) is 42.5 Å². The van der Waals surface area contributed by atoms with Gasteiger partial charge in [-0.25, -0.2) is 4.39 Å². The van der Waals surface area contributed by atoms with Crippen LogP contribution in [0.2, 0.25) is 0 Å². The molecule has 30 heavy (non-hydrogen) atoms. The number of rotatable bonds is 7. The quantitative estimate of drug-likeness (QED) is 0.645. The molecular weight excluding hydrogens is 391 g/mol. The number of ether oxygens (including phenoxy) is 3. The Balaban J connectivity index is 1.46. The largest absolute Gasteiger partial charge is 0.493 e. The molecule has 8 heteroatoms. The number of amides is 1. The monoisotopic (exact) mass is 416 g/mol. The van der Waals surface area contributed by atoms with Gasteiger partial charge in [-0.3, -0.25) is 9.59 Å². The highest BCUT2D eigenvalue weighted by Gasteiger charge is 2.23. The highest BCUT2D eigenvalue weighted by atomic mass is 19.1. The zero-order valence-corrected chi connectivity index (χ0v) is 17.1. The van der Waals surface area contributed by atoms with E-state index < -0.39 is 5.97 Å². The molecule has 7 nitrogen and oxygen atoms in total. The number of carbonyl (C=O) groups excluding carboxylic acids is 2. The van der Waals surface area contributed by atoms with Gasteiger partial charge in [-0.1, -0.05) is 18.2 Å². The predicted molar refractivity (Wildman–Crippen MR) is 109 cm³/mol. The molecule has 1 fully saturated rings. The van der Waals surface area contributed by atoms with Gasteiger partial charge in [0.1, 0.15) is 5.82 Å². The third-order valence-corrected chi connectivity index (χ3v) is 4.98. The van der Waals surface area contributed by atoms with E-state index in [1.54, 1.807) is 41.3 Å². The first-order valence-corrected chi connectivity index (χ1v) is 9.65. The van der Waals surface area contributed by atoms with Crippen molar-refractivity contribution >= 4 is 17.6 Å². The fraction of sp³-hybridized carbons (Fsp3) is 0.364. The summed E-state index contributed by atoms with van der Waals surface area (Å²) in [7, 11) is 3.05. The highest BCUT2D eigenvalue weighted by Crippen LogP contribution is 2.27. The first kappa shape index (κ1) is 21.4. The number of methoxy groups -OCH3 is 2. The Morgan fingerprint density at radius 1 is 0.967 bits per heavy atom. The van der Waals surface area contributed by atoms with E-state index in [4.69, 9.17) is 14.2 Å². The van der Waals surface area contributed by atoms with Gasteiger partial charge in [0.25, 0.3) is 5.91 Å². The Hall–Kier alpha value is -3.29. The van der Waals surface area contributed by atoms with Crippen LogP contribution in [0.1, 0.15) is 5.56 Å². The summed E-state index contributed by atoms with van der Waals surface area (Å²) in [5.41, 5.74) is 1.23.